The average molecular weight is 241 g/mol. The molecule has 18 heavy (non-hydrogen) atoms. The van der Waals surface area contributed by atoms with Gasteiger partial charge in [0.2, 0.25) is 0 Å². The molecule has 1 atom stereocenters. The molecule has 1 unspecified atom stereocenters. The van der Waals surface area contributed by atoms with Gasteiger partial charge in [-0.05, 0) is 49.7 Å². The Morgan fingerprint density at radius 2 is 1.89 bits per heavy atom. The molecular formula is C15H19N3. The number of aryl methyl sites for hydroxylation is 2. The zero-order valence-electron chi connectivity index (χ0n) is 11.1. The van der Waals surface area contributed by atoms with Gasteiger partial charge in [-0.15, -0.1) is 0 Å². The van der Waals surface area contributed by atoms with Crippen molar-refractivity contribution in [2.45, 2.75) is 26.8 Å². The van der Waals surface area contributed by atoms with Gasteiger partial charge in [-0.3, -0.25) is 9.97 Å². The number of hydrogen-bond donors (Lipinski definition) is 1. The molecule has 2 aromatic rings. The highest BCUT2D eigenvalue weighted by Crippen LogP contribution is 2.21. The van der Waals surface area contributed by atoms with E-state index in [2.05, 4.69) is 40.4 Å². The zero-order valence-corrected chi connectivity index (χ0v) is 11.1. The van der Waals surface area contributed by atoms with E-state index in [1.807, 2.05) is 32.3 Å². The zero-order chi connectivity index (χ0) is 13.0. The Morgan fingerprint density at radius 1 is 1.06 bits per heavy atom. The Balaban J connectivity index is 2.36. The third-order valence-electron chi connectivity index (χ3n) is 2.93. The molecule has 0 spiro atoms. The SMILES string of the molecule is CCNC(c1ccc(C)nc1)c1ccnc(C)c1. The van der Waals surface area contributed by atoms with Gasteiger partial charge in [0, 0.05) is 23.8 Å². The molecule has 3 heteroatoms. The number of rotatable bonds is 4. The van der Waals surface area contributed by atoms with E-state index in [0.717, 1.165) is 17.9 Å². The lowest BCUT2D eigenvalue weighted by atomic mass is 10.0. The summed E-state index contributed by atoms with van der Waals surface area (Å²) in [4.78, 5) is 8.62. The average Bonchev–Trinajstić information content (AvgIpc) is 2.37. The Kier molecular flexibility index (Phi) is 4.05. The minimum absolute atomic E-state index is 0.185. The molecule has 2 aromatic heterocycles. The number of nitrogens with one attached hydrogen (secondary N) is 1. The van der Waals surface area contributed by atoms with E-state index in [4.69, 9.17) is 0 Å². The maximum absolute atomic E-state index is 4.37. The Morgan fingerprint density at radius 3 is 2.50 bits per heavy atom. The van der Waals surface area contributed by atoms with Gasteiger partial charge >= 0.3 is 0 Å². The van der Waals surface area contributed by atoms with Gasteiger partial charge in [-0.2, -0.15) is 0 Å². The summed E-state index contributed by atoms with van der Waals surface area (Å²) in [5.41, 5.74) is 4.50. The Bertz CT molecular complexity index is 505. The summed E-state index contributed by atoms with van der Waals surface area (Å²) in [5.74, 6) is 0. The van der Waals surface area contributed by atoms with Crippen LogP contribution >= 0.6 is 0 Å². The molecule has 0 aromatic carbocycles. The van der Waals surface area contributed by atoms with Crippen LogP contribution in [0.25, 0.3) is 0 Å². The van der Waals surface area contributed by atoms with E-state index < -0.39 is 0 Å². The minimum Gasteiger partial charge on any atom is -0.306 e. The number of aromatic nitrogens is 2. The minimum atomic E-state index is 0.185. The van der Waals surface area contributed by atoms with Crippen molar-refractivity contribution in [3.05, 3.63) is 59.2 Å². The summed E-state index contributed by atoms with van der Waals surface area (Å²) in [6, 6.07) is 8.54. The van der Waals surface area contributed by atoms with Gasteiger partial charge in [0.1, 0.15) is 0 Å². The van der Waals surface area contributed by atoms with Crippen LogP contribution in [-0.4, -0.2) is 16.5 Å². The predicted molar refractivity (Wildman–Crippen MR) is 73.5 cm³/mol. The number of pyridine rings is 2. The lowest BCUT2D eigenvalue weighted by Crippen LogP contribution is -2.22. The van der Waals surface area contributed by atoms with Crippen molar-refractivity contribution in [3.63, 3.8) is 0 Å². The van der Waals surface area contributed by atoms with Crippen LogP contribution in [0, 0.1) is 13.8 Å². The van der Waals surface area contributed by atoms with Gasteiger partial charge < -0.3 is 5.32 Å². The molecule has 0 aliphatic carbocycles. The van der Waals surface area contributed by atoms with E-state index in [0.29, 0.717) is 0 Å². The molecule has 2 heterocycles. The molecule has 0 aliphatic heterocycles. The van der Waals surface area contributed by atoms with Crippen LogP contribution in [0.4, 0.5) is 0 Å². The van der Waals surface area contributed by atoms with Crippen LogP contribution in [0.15, 0.2) is 36.7 Å². The fourth-order valence-electron chi connectivity index (χ4n) is 2.03. The smallest absolute Gasteiger partial charge is 0.0593 e. The van der Waals surface area contributed by atoms with Gasteiger partial charge in [-0.25, -0.2) is 0 Å². The van der Waals surface area contributed by atoms with Crippen molar-refractivity contribution in [2.24, 2.45) is 0 Å². The fraction of sp³-hybridized carbons (Fsp3) is 0.333. The topological polar surface area (TPSA) is 37.8 Å². The summed E-state index contributed by atoms with van der Waals surface area (Å²) in [7, 11) is 0. The van der Waals surface area contributed by atoms with Crippen molar-refractivity contribution in [2.75, 3.05) is 6.54 Å². The molecule has 0 aliphatic rings. The van der Waals surface area contributed by atoms with Crippen LogP contribution in [-0.2, 0) is 0 Å². The molecular weight excluding hydrogens is 222 g/mol. The van der Waals surface area contributed by atoms with Crippen molar-refractivity contribution >= 4 is 0 Å². The van der Waals surface area contributed by atoms with E-state index in [9.17, 15) is 0 Å². The van der Waals surface area contributed by atoms with Crippen LogP contribution in [0.3, 0.4) is 0 Å². The van der Waals surface area contributed by atoms with Crippen molar-refractivity contribution in [3.8, 4) is 0 Å². The van der Waals surface area contributed by atoms with E-state index in [1.54, 1.807) is 0 Å². The van der Waals surface area contributed by atoms with Gasteiger partial charge in [0.05, 0.1) is 6.04 Å². The third-order valence-corrected chi connectivity index (χ3v) is 2.93. The highest BCUT2D eigenvalue weighted by molar-refractivity contribution is 5.30. The first-order chi connectivity index (χ1) is 8.70. The maximum atomic E-state index is 4.37. The molecule has 0 saturated carbocycles. The molecule has 0 amide bonds. The largest absolute Gasteiger partial charge is 0.306 e. The Hall–Kier alpha value is -1.74. The number of nitrogens with zero attached hydrogens (tertiary/aromatic N) is 2. The van der Waals surface area contributed by atoms with E-state index in [1.165, 1.54) is 11.1 Å². The van der Waals surface area contributed by atoms with Gasteiger partial charge in [0.15, 0.2) is 0 Å². The summed E-state index contributed by atoms with van der Waals surface area (Å²) < 4.78 is 0. The quantitative estimate of drug-likeness (QED) is 0.894. The summed E-state index contributed by atoms with van der Waals surface area (Å²) in [6.45, 7) is 7.05. The molecule has 0 fully saturated rings. The first-order valence-corrected chi connectivity index (χ1v) is 6.29. The fourth-order valence-corrected chi connectivity index (χ4v) is 2.03. The summed E-state index contributed by atoms with van der Waals surface area (Å²) >= 11 is 0. The third kappa shape index (κ3) is 2.93. The van der Waals surface area contributed by atoms with Crippen molar-refractivity contribution in [1.29, 1.82) is 0 Å². The second kappa shape index (κ2) is 5.74. The van der Waals surface area contributed by atoms with Crippen LogP contribution in [0.5, 0.6) is 0 Å². The second-order valence-corrected chi connectivity index (χ2v) is 4.45. The van der Waals surface area contributed by atoms with E-state index in [-0.39, 0.29) is 6.04 Å². The first-order valence-electron chi connectivity index (χ1n) is 6.29. The highest BCUT2D eigenvalue weighted by atomic mass is 14.9. The normalized spacial score (nSPS) is 12.4. The standard InChI is InChI=1S/C15H19N3/c1-4-16-15(13-7-8-17-12(3)9-13)14-6-5-11(2)18-10-14/h5-10,15-16H,4H2,1-3H3. The highest BCUT2D eigenvalue weighted by Gasteiger charge is 2.13. The molecule has 0 radical (unpaired) electrons. The lowest BCUT2D eigenvalue weighted by molar-refractivity contribution is 0.627. The van der Waals surface area contributed by atoms with E-state index >= 15 is 0 Å². The predicted octanol–water partition coefficient (Wildman–Crippen LogP) is 2.79. The molecule has 94 valence electrons. The molecule has 1 N–H and O–H groups in total. The Labute approximate surface area is 108 Å². The van der Waals surface area contributed by atoms with Crippen LogP contribution in [0.2, 0.25) is 0 Å². The maximum Gasteiger partial charge on any atom is 0.0593 e. The molecule has 0 bridgehead atoms. The lowest BCUT2D eigenvalue weighted by Gasteiger charge is -2.19. The number of hydrogen-bond acceptors (Lipinski definition) is 3. The van der Waals surface area contributed by atoms with Gasteiger partial charge in [0.25, 0.3) is 0 Å². The van der Waals surface area contributed by atoms with Crippen LogP contribution in [0.1, 0.15) is 35.5 Å². The summed E-state index contributed by atoms with van der Waals surface area (Å²) in [5, 5.41) is 3.49. The molecule has 0 saturated heterocycles. The monoisotopic (exact) mass is 241 g/mol. The molecule has 3 nitrogen and oxygen atoms in total. The van der Waals surface area contributed by atoms with Gasteiger partial charge in [-0.1, -0.05) is 13.0 Å². The van der Waals surface area contributed by atoms with Crippen molar-refractivity contribution < 1.29 is 0 Å². The molecule has 2 rings (SSSR count). The first kappa shape index (κ1) is 12.7. The van der Waals surface area contributed by atoms with Crippen LogP contribution < -0.4 is 5.32 Å². The van der Waals surface area contributed by atoms with Crippen molar-refractivity contribution in [1.82, 2.24) is 15.3 Å². The summed E-state index contributed by atoms with van der Waals surface area (Å²) in [6.07, 6.45) is 3.80. The second-order valence-electron chi connectivity index (χ2n) is 4.45.